The molecule has 2 heteroatoms. The van der Waals surface area contributed by atoms with E-state index in [4.69, 9.17) is 10.5 Å². The molecule has 1 aromatic rings. The zero-order valence-corrected chi connectivity index (χ0v) is 10.1. The van der Waals surface area contributed by atoms with E-state index >= 15 is 0 Å². The Morgan fingerprint density at radius 1 is 1.27 bits per heavy atom. The zero-order valence-electron chi connectivity index (χ0n) is 10.1. The maximum atomic E-state index is 6.32. The van der Waals surface area contributed by atoms with Crippen molar-refractivity contribution in [1.29, 1.82) is 0 Å². The molecular formula is C13H21NO. The lowest BCUT2D eigenvalue weighted by Crippen LogP contribution is -2.40. The predicted molar refractivity (Wildman–Crippen MR) is 63.9 cm³/mol. The van der Waals surface area contributed by atoms with Gasteiger partial charge in [-0.25, -0.2) is 0 Å². The van der Waals surface area contributed by atoms with Crippen LogP contribution in [0.15, 0.2) is 18.2 Å². The van der Waals surface area contributed by atoms with Gasteiger partial charge in [0.1, 0.15) is 0 Å². The van der Waals surface area contributed by atoms with E-state index in [1.54, 1.807) is 7.11 Å². The standard InChI is InChI=1S/C13H21NO/c1-5-13(14,9-15-4)12-7-6-10(2)11(3)8-12/h6-8H,5,9,14H2,1-4H3. The van der Waals surface area contributed by atoms with Crippen molar-refractivity contribution in [2.75, 3.05) is 13.7 Å². The maximum Gasteiger partial charge on any atom is 0.0684 e. The van der Waals surface area contributed by atoms with E-state index in [-0.39, 0.29) is 5.54 Å². The topological polar surface area (TPSA) is 35.2 Å². The third-order valence-electron chi connectivity index (χ3n) is 3.11. The van der Waals surface area contributed by atoms with Crippen LogP contribution in [0.25, 0.3) is 0 Å². The molecule has 0 spiro atoms. The molecule has 0 radical (unpaired) electrons. The van der Waals surface area contributed by atoms with Gasteiger partial charge in [-0.1, -0.05) is 25.1 Å². The minimum absolute atomic E-state index is 0.354. The van der Waals surface area contributed by atoms with Crippen LogP contribution < -0.4 is 5.73 Å². The Hall–Kier alpha value is -0.860. The first kappa shape index (κ1) is 12.2. The molecule has 2 N–H and O–H groups in total. The van der Waals surface area contributed by atoms with Crippen molar-refractivity contribution in [2.24, 2.45) is 5.73 Å². The van der Waals surface area contributed by atoms with E-state index in [1.807, 2.05) is 0 Å². The molecule has 1 atom stereocenters. The highest BCUT2D eigenvalue weighted by atomic mass is 16.5. The summed E-state index contributed by atoms with van der Waals surface area (Å²) < 4.78 is 5.20. The van der Waals surface area contributed by atoms with Crippen LogP contribution in [0.4, 0.5) is 0 Å². The van der Waals surface area contributed by atoms with Crippen molar-refractivity contribution in [3.05, 3.63) is 34.9 Å². The molecule has 0 aliphatic rings. The summed E-state index contributed by atoms with van der Waals surface area (Å²) in [5, 5.41) is 0. The van der Waals surface area contributed by atoms with Crippen molar-refractivity contribution in [3.8, 4) is 0 Å². The van der Waals surface area contributed by atoms with Crippen LogP contribution in [-0.4, -0.2) is 13.7 Å². The van der Waals surface area contributed by atoms with Gasteiger partial charge < -0.3 is 10.5 Å². The summed E-state index contributed by atoms with van der Waals surface area (Å²) >= 11 is 0. The summed E-state index contributed by atoms with van der Waals surface area (Å²) in [5.74, 6) is 0. The average Bonchev–Trinajstić information content (AvgIpc) is 2.22. The van der Waals surface area contributed by atoms with Gasteiger partial charge in [-0.3, -0.25) is 0 Å². The minimum Gasteiger partial charge on any atom is -0.382 e. The van der Waals surface area contributed by atoms with Crippen molar-refractivity contribution < 1.29 is 4.74 Å². The van der Waals surface area contributed by atoms with Crippen molar-refractivity contribution in [1.82, 2.24) is 0 Å². The fourth-order valence-electron chi connectivity index (χ4n) is 1.70. The highest BCUT2D eigenvalue weighted by Gasteiger charge is 2.25. The first-order valence-corrected chi connectivity index (χ1v) is 5.39. The van der Waals surface area contributed by atoms with E-state index in [1.165, 1.54) is 11.1 Å². The second-order valence-electron chi connectivity index (χ2n) is 4.24. The predicted octanol–water partition coefficient (Wildman–Crippen LogP) is 2.51. The van der Waals surface area contributed by atoms with Crippen molar-refractivity contribution in [2.45, 2.75) is 32.7 Å². The molecular weight excluding hydrogens is 186 g/mol. The molecule has 0 aliphatic carbocycles. The quantitative estimate of drug-likeness (QED) is 0.823. The molecule has 0 fully saturated rings. The molecule has 0 heterocycles. The van der Waals surface area contributed by atoms with Gasteiger partial charge in [-0.15, -0.1) is 0 Å². The molecule has 1 rings (SSSR count). The van der Waals surface area contributed by atoms with Crippen LogP contribution in [0.5, 0.6) is 0 Å². The molecule has 0 amide bonds. The first-order chi connectivity index (χ1) is 7.03. The molecule has 1 aromatic carbocycles. The summed E-state index contributed by atoms with van der Waals surface area (Å²) in [4.78, 5) is 0. The van der Waals surface area contributed by atoms with Crippen LogP contribution in [0.2, 0.25) is 0 Å². The molecule has 0 saturated carbocycles. The zero-order chi connectivity index (χ0) is 11.5. The van der Waals surface area contributed by atoms with Crippen LogP contribution in [0, 0.1) is 13.8 Å². The third kappa shape index (κ3) is 2.58. The number of hydrogen-bond acceptors (Lipinski definition) is 2. The molecule has 0 saturated heterocycles. The largest absolute Gasteiger partial charge is 0.382 e. The third-order valence-corrected chi connectivity index (χ3v) is 3.11. The number of benzene rings is 1. The molecule has 84 valence electrons. The van der Waals surface area contributed by atoms with Gasteiger partial charge in [-0.2, -0.15) is 0 Å². The number of aryl methyl sites for hydroxylation is 2. The Bertz CT molecular complexity index is 335. The Morgan fingerprint density at radius 2 is 1.93 bits per heavy atom. The first-order valence-electron chi connectivity index (χ1n) is 5.39. The Kier molecular flexibility index (Phi) is 3.89. The van der Waals surface area contributed by atoms with Gasteiger partial charge >= 0.3 is 0 Å². The number of hydrogen-bond donors (Lipinski definition) is 1. The SMILES string of the molecule is CCC(N)(COC)c1ccc(C)c(C)c1. The molecule has 2 nitrogen and oxygen atoms in total. The lowest BCUT2D eigenvalue weighted by atomic mass is 9.87. The second kappa shape index (κ2) is 4.77. The summed E-state index contributed by atoms with van der Waals surface area (Å²) in [6.07, 6.45) is 0.878. The summed E-state index contributed by atoms with van der Waals surface area (Å²) in [6, 6.07) is 6.39. The Labute approximate surface area is 92.4 Å². The molecule has 1 unspecified atom stereocenters. The van der Waals surface area contributed by atoms with Gasteiger partial charge in [0, 0.05) is 7.11 Å². The fraction of sp³-hybridized carbons (Fsp3) is 0.538. The van der Waals surface area contributed by atoms with Crippen molar-refractivity contribution in [3.63, 3.8) is 0 Å². The number of methoxy groups -OCH3 is 1. The van der Waals surface area contributed by atoms with Gasteiger partial charge in [0.25, 0.3) is 0 Å². The van der Waals surface area contributed by atoms with E-state index in [0.717, 1.165) is 12.0 Å². The van der Waals surface area contributed by atoms with Gasteiger partial charge in [0.2, 0.25) is 0 Å². The van der Waals surface area contributed by atoms with E-state index in [9.17, 15) is 0 Å². The summed E-state index contributed by atoms with van der Waals surface area (Å²) in [7, 11) is 1.69. The molecule has 0 aromatic heterocycles. The lowest BCUT2D eigenvalue weighted by molar-refractivity contribution is 0.129. The van der Waals surface area contributed by atoms with Crippen LogP contribution in [-0.2, 0) is 10.3 Å². The van der Waals surface area contributed by atoms with E-state index in [0.29, 0.717) is 6.61 Å². The summed E-state index contributed by atoms with van der Waals surface area (Å²) in [6.45, 7) is 6.88. The number of rotatable bonds is 4. The monoisotopic (exact) mass is 207 g/mol. The van der Waals surface area contributed by atoms with Crippen LogP contribution in [0.3, 0.4) is 0 Å². The van der Waals surface area contributed by atoms with Crippen LogP contribution >= 0.6 is 0 Å². The van der Waals surface area contributed by atoms with Crippen LogP contribution in [0.1, 0.15) is 30.0 Å². The Balaban J connectivity index is 3.07. The second-order valence-corrected chi connectivity index (χ2v) is 4.24. The minimum atomic E-state index is -0.354. The average molecular weight is 207 g/mol. The van der Waals surface area contributed by atoms with Gasteiger partial charge in [0.15, 0.2) is 0 Å². The van der Waals surface area contributed by atoms with E-state index < -0.39 is 0 Å². The van der Waals surface area contributed by atoms with Gasteiger partial charge in [-0.05, 0) is 37.0 Å². The number of nitrogens with two attached hydrogens (primary N) is 1. The maximum absolute atomic E-state index is 6.32. The highest BCUT2D eigenvalue weighted by molar-refractivity contribution is 5.34. The normalized spacial score (nSPS) is 15.0. The fourth-order valence-corrected chi connectivity index (χ4v) is 1.70. The van der Waals surface area contributed by atoms with E-state index in [2.05, 4.69) is 39.0 Å². The molecule has 0 bridgehead atoms. The van der Waals surface area contributed by atoms with Crippen molar-refractivity contribution >= 4 is 0 Å². The molecule has 0 aliphatic heterocycles. The smallest absolute Gasteiger partial charge is 0.0684 e. The highest BCUT2D eigenvalue weighted by Crippen LogP contribution is 2.24. The van der Waals surface area contributed by atoms with Gasteiger partial charge in [0.05, 0.1) is 12.1 Å². The molecule has 15 heavy (non-hydrogen) atoms. The Morgan fingerprint density at radius 3 is 2.40 bits per heavy atom. The summed E-state index contributed by atoms with van der Waals surface area (Å²) in [5.41, 5.74) is 9.72. The number of ether oxygens (including phenoxy) is 1. The lowest BCUT2D eigenvalue weighted by Gasteiger charge is -2.28.